The van der Waals surface area contributed by atoms with Gasteiger partial charge in [-0.1, -0.05) is 11.8 Å². The van der Waals surface area contributed by atoms with Crippen LogP contribution in [0, 0.1) is 0 Å². The quantitative estimate of drug-likeness (QED) is 0.836. The molecule has 0 saturated carbocycles. The SMILES string of the molecule is CS(=O)(=O)c1ccc(SC(F)C(=O)O)cc1. The molecule has 0 spiro atoms. The fourth-order valence-electron chi connectivity index (χ4n) is 0.935. The van der Waals surface area contributed by atoms with Crippen LogP contribution >= 0.6 is 11.8 Å². The lowest BCUT2D eigenvalue weighted by Crippen LogP contribution is -2.09. The number of thioether (sulfide) groups is 1. The number of hydrogen-bond donors (Lipinski definition) is 1. The summed E-state index contributed by atoms with van der Waals surface area (Å²) >= 11 is 0.510. The average Bonchev–Trinajstić information content (AvgIpc) is 2.17. The highest BCUT2D eigenvalue weighted by molar-refractivity contribution is 8.00. The molecule has 1 aromatic rings. The molecule has 1 aromatic carbocycles. The Balaban J connectivity index is 2.84. The maximum absolute atomic E-state index is 12.8. The molecule has 7 heteroatoms. The van der Waals surface area contributed by atoms with Crippen LogP contribution in [0.4, 0.5) is 4.39 Å². The molecular formula is C9H9FO4S2. The summed E-state index contributed by atoms with van der Waals surface area (Å²) in [5.41, 5.74) is -2.05. The zero-order valence-electron chi connectivity index (χ0n) is 8.25. The second-order valence-electron chi connectivity index (χ2n) is 3.02. The van der Waals surface area contributed by atoms with Gasteiger partial charge in [-0.15, -0.1) is 0 Å². The molecular weight excluding hydrogens is 255 g/mol. The highest BCUT2D eigenvalue weighted by Gasteiger charge is 2.17. The van der Waals surface area contributed by atoms with E-state index in [9.17, 15) is 17.6 Å². The number of sulfone groups is 1. The minimum atomic E-state index is -3.28. The smallest absolute Gasteiger partial charge is 0.349 e. The minimum absolute atomic E-state index is 0.114. The zero-order valence-corrected chi connectivity index (χ0v) is 9.89. The van der Waals surface area contributed by atoms with Crippen molar-refractivity contribution >= 4 is 27.6 Å². The fraction of sp³-hybridized carbons (Fsp3) is 0.222. The molecule has 1 unspecified atom stereocenters. The molecule has 0 fully saturated rings. The molecule has 0 aliphatic heterocycles. The van der Waals surface area contributed by atoms with Crippen LogP contribution < -0.4 is 0 Å². The lowest BCUT2D eigenvalue weighted by Gasteiger charge is -2.03. The largest absolute Gasteiger partial charge is 0.478 e. The van der Waals surface area contributed by atoms with Gasteiger partial charge in [-0.3, -0.25) is 0 Å². The molecule has 88 valence electrons. The number of alkyl halides is 1. The van der Waals surface area contributed by atoms with Crippen LogP contribution in [0.25, 0.3) is 0 Å². The van der Waals surface area contributed by atoms with Crippen LogP contribution in [0.1, 0.15) is 0 Å². The summed E-state index contributed by atoms with van der Waals surface area (Å²) in [5, 5.41) is 8.34. The monoisotopic (exact) mass is 264 g/mol. The van der Waals surface area contributed by atoms with E-state index in [0.717, 1.165) is 6.26 Å². The van der Waals surface area contributed by atoms with Crippen molar-refractivity contribution in [1.29, 1.82) is 0 Å². The summed E-state index contributed by atoms with van der Waals surface area (Å²) in [6, 6.07) is 5.37. The summed E-state index contributed by atoms with van der Waals surface area (Å²) in [6.45, 7) is 0. The number of halogens is 1. The van der Waals surface area contributed by atoms with Crippen molar-refractivity contribution < 1.29 is 22.7 Å². The van der Waals surface area contributed by atoms with E-state index >= 15 is 0 Å². The third kappa shape index (κ3) is 3.49. The molecule has 1 atom stereocenters. The van der Waals surface area contributed by atoms with E-state index < -0.39 is 21.3 Å². The van der Waals surface area contributed by atoms with Gasteiger partial charge in [0.15, 0.2) is 9.84 Å². The maximum Gasteiger partial charge on any atom is 0.349 e. The Kier molecular flexibility index (Phi) is 3.93. The van der Waals surface area contributed by atoms with E-state index in [1.807, 2.05) is 0 Å². The van der Waals surface area contributed by atoms with Crippen molar-refractivity contribution in [2.75, 3.05) is 6.26 Å². The first kappa shape index (κ1) is 13.0. The lowest BCUT2D eigenvalue weighted by atomic mass is 10.4. The number of hydrogen-bond acceptors (Lipinski definition) is 4. The fourth-order valence-corrected chi connectivity index (χ4v) is 2.20. The Morgan fingerprint density at radius 2 is 1.88 bits per heavy atom. The highest BCUT2D eigenvalue weighted by Crippen LogP contribution is 2.25. The van der Waals surface area contributed by atoms with Crippen LogP contribution in [0.5, 0.6) is 0 Å². The van der Waals surface area contributed by atoms with Crippen molar-refractivity contribution in [3.63, 3.8) is 0 Å². The third-order valence-corrected chi connectivity index (χ3v) is 3.77. The number of carboxylic acid groups (broad SMARTS) is 1. The molecule has 1 rings (SSSR count). The Labute approximate surface area is 96.4 Å². The van der Waals surface area contributed by atoms with Gasteiger partial charge in [-0.2, -0.15) is 0 Å². The second kappa shape index (κ2) is 4.84. The number of carboxylic acids is 1. The van der Waals surface area contributed by atoms with E-state index in [1.165, 1.54) is 24.3 Å². The van der Waals surface area contributed by atoms with Gasteiger partial charge in [0.1, 0.15) is 0 Å². The summed E-state index contributed by atoms with van der Waals surface area (Å²) in [7, 11) is -3.28. The van der Waals surface area contributed by atoms with Gasteiger partial charge in [0.05, 0.1) is 4.90 Å². The molecule has 0 bridgehead atoms. The Hall–Kier alpha value is -1.08. The number of benzene rings is 1. The van der Waals surface area contributed by atoms with Crippen LogP contribution in [0.3, 0.4) is 0 Å². The topological polar surface area (TPSA) is 71.4 Å². The standard InChI is InChI=1S/C9H9FO4S2/c1-16(13,14)7-4-2-6(3-5-7)15-8(10)9(11)12/h2-5,8H,1H3,(H,11,12). The number of carbonyl (C=O) groups is 1. The number of rotatable bonds is 4. The van der Waals surface area contributed by atoms with Crippen molar-refractivity contribution in [3.05, 3.63) is 24.3 Å². The Morgan fingerprint density at radius 1 is 1.38 bits per heavy atom. The second-order valence-corrected chi connectivity index (χ2v) is 6.15. The highest BCUT2D eigenvalue weighted by atomic mass is 32.2. The first-order valence-electron chi connectivity index (χ1n) is 4.14. The predicted octanol–water partition coefficient (Wildman–Crippen LogP) is 1.56. The molecule has 0 radical (unpaired) electrons. The molecule has 0 aliphatic rings. The maximum atomic E-state index is 12.8. The van der Waals surface area contributed by atoms with Crippen molar-refractivity contribution in [3.8, 4) is 0 Å². The van der Waals surface area contributed by atoms with Crippen LogP contribution in [0.2, 0.25) is 0 Å². The van der Waals surface area contributed by atoms with E-state index in [1.54, 1.807) is 0 Å². The first-order valence-corrected chi connectivity index (χ1v) is 6.91. The molecule has 16 heavy (non-hydrogen) atoms. The van der Waals surface area contributed by atoms with Gasteiger partial charge in [0.25, 0.3) is 0 Å². The summed E-state index contributed by atoms with van der Waals surface area (Å²) < 4.78 is 35.0. The summed E-state index contributed by atoms with van der Waals surface area (Å²) in [5.74, 6) is -1.56. The summed E-state index contributed by atoms with van der Waals surface area (Å²) in [4.78, 5) is 10.7. The predicted molar refractivity (Wildman–Crippen MR) is 57.9 cm³/mol. The van der Waals surface area contributed by atoms with Gasteiger partial charge < -0.3 is 5.11 Å². The average molecular weight is 264 g/mol. The van der Waals surface area contributed by atoms with Crippen molar-refractivity contribution in [2.45, 2.75) is 15.3 Å². The van der Waals surface area contributed by atoms with Gasteiger partial charge in [0, 0.05) is 11.2 Å². The molecule has 0 heterocycles. The Morgan fingerprint density at radius 3 is 2.25 bits per heavy atom. The van der Waals surface area contributed by atoms with Crippen LogP contribution in [-0.2, 0) is 14.6 Å². The van der Waals surface area contributed by atoms with E-state index in [4.69, 9.17) is 5.11 Å². The van der Waals surface area contributed by atoms with Gasteiger partial charge in [0.2, 0.25) is 5.50 Å². The third-order valence-electron chi connectivity index (χ3n) is 1.69. The van der Waals surface area contributed by atoms with Gasteiger partial charge in [-0.25, -0.2) is 17.6 Å². The molecule has 1 N–H and O–H groups in total. The molecule has 0 saturated heterocycles. The first-order chi connectivity index (χ1) is 7.30. The lowest BCUT2D eigenvalue weighted by molar-refractivity contribution is -0.139. The zero-order chi connectivity index (χ0) is 12.3. The minimum Gasteiger partial charge on any atom is -0.478 e. The molecule has 0 amide bonds. The van der Waals surface area contributed by atoms with Crippen LogP contribution in [0.15, 0.2) is 34.1 Å². The molecule has 0 aromatic heterocycles. The van der Waals surface area contributed by atoms with Crippen molar-refractivity contribution in [1.82, 2.24) is 0 Å². The molecule has 0 aliphatic carbocycles. The van der Waals surface area contributed by atoms with Crippen molar-refractivity contribution in [2.24, 2.45) is 0 Å². The number of aliphatic carboxylic acids is 1. The Bertz CT molecular complexity index is 481. The van der Waals surface area contributed by atoms with Crippen LogP contribution in [-0.4, -0.2) is 31.3 Å². The normalized spacial score (nSPS) is 13.4. The summed E-state index contributed by atoms with van der Waals surface area (Å²) in [6.07, 6.45) is 1.06. The molecule has 4 nitrogen and oxygen atoms in total. The van der Waals surface area contributed by atoms with Gasteiger partial charge >= 0.3 is 5.97 Å². The van der Waals surface area contributed by atoms with E-state index in [2.05, 4.69) is 0 Å². The van der Waals surface area contributed by atoms with E-state index in [-0.39, 0.29) is 4.90 Å². The van der Waals surface area contributed by atoms with Gasteiger partial charge in [-0.05, 0) is 24.3 Å². The van der Waals surface area contributed by atoms with E-state index in [0.29, 0.717) is 16.7 Å².